The number of hydrogen-bond donors (Lipinski definition) is 1. The first-order valence-electron chi connectivity index (χ1n) is 13.1. The number of hydrogen-bond acceptors (Lipinski definition) is 6. The van der Waals surface area contributed by atoms with E-state index in [1.165, 1.54) is 36.4 Å². The molecule has 0 bridgehead atoms. The van der Waals surface area contributed by atoms with Gasteiger partial charge in [-0.2, -0.15) is 0 Å². The lowest BCUT2D eigenvalue weighted by Gasteiger charge is -2.14. The van der Waals surface area contributed by atoms with E-state index in [1.54, 1.807) is 84.9 Å². The van der Waals surface area contributed by atoms with Gasteiger partial charge in [-0.3, -0.25) is 14.9 Å². The number of rotatable bonds is 6. The Labute approximate surface area is 246 Å². The van der Waals surface area contributed by atoms with Gasteiger partial charge in [0, 0.05) is 10.8 Å². The zero-order valence-electron chi connectivity index (χ0n) is 22.2. The summed E-state index contributed by atoms with van der Waals surface area (Å²) in [5.74, 6) is -1.69. The van der Waals surface area contributed by atoms with Crippen molar-refractivity contribution in [2.24, 2.45) is 0 Å². The number of carbonyl (C=O) groups is 2. The van der Waals surface area contributed by atoms with Crippen LogP contribution in [0.4, 0.5) is 0 Å². The van der Waals surface area contributed by atoms with E-state index >= 15 is 0 Å². The Morgan fingerprint density at radius 3 is 1.21 bits per heavy atom. The van der Waals surface area contributed by atoms with E-state index in [9.17, 15) is 26.4 Å². The maximum Gasteiger partial charge on any atom is 0.268 e. The van der Waals surface area contributed by atoms with Crippen molar-refractivity contribution in [3.8, 4) is 0 Å². The van der Waals surface area contributed by atoms with Gasteiger partial charge in [-0.25, -0.2) is 24.8 Å². The number of amides is 2. The van der Waals surface area contributed by atoms with Gasteiger partial charge in [-0.1, -0.05) is 72.8 Å². The maximum absolute atomic E-state index is 14.1. The molecule has 9 nitrogen and oxygen atoms in total. The van der Waals surface area contributed by atoms with Gasteiger partial charge < -0.3 is 0 Å². The van der Waals surface area contributed by atoms with Gasteiger partial charge >= 0.3 is 0 Å². The lowest BCUT2D eigenvalue weighted by Crippen LogP contribution is -2.24. The van der Waals surface area contributed by atoms with Crippen LogP contribution in [0.1, 0.15) is 11.4 Å². The smallest absolute Gasteiger partial charge is 0.268 e. The average molecular weight is 608 g/mol. The molecule has 0 unspecified atom stereocenters. The molecule has 43 heavy (non-hydrogen) atoms. The number of fused-ring (bicyclic) bond motifs is 2. The molecule has 0 radical (unpaired) electrons. The summed E-state index contributed by atoms with van der Waals surface area (Å²) in [6, 6.07) is 31.9. The molecule has 1 N–H and O–H groups in total. The first-order valence-corrected chi connectivity index (χ1v) is 16.0. The Morgan fingerprint density at radius 1 is 0.465 bits per heavy atom. The van der Waals surface area contributed by atoms with Gasteiger partial charge in [0.25, 0.3) is 31.9 Å². The highest BCUT2D eigenvalue weighted by atomic mass is 32.2. The second kappa shape index (κ2) is 9.65. The monoisotopic (exact) mass is 607 g/mol. The molecule has 0 saturated carbocycles. The minimum Gasteiger partial charge on any atom is -0.288 e. The third kappa shape index (κ3) is 4.04. The quantitative estimate of drug-likeness (QED) is 0.275. The predicted octanol–water partition coefficient (Wildman–Crippen LogP) is 4.64. The Morgan fingerprint density at radius 2 is 0.814 bits per heavy atom. The number of nitrogens with one attached hydrogen (secondary N) is 1. The molecule has 0 atom stereocenters. The number of carbonyl (C=O) groups excluding carboxylic acids is 2. The number of benzene rings is 4. The first-order chi connectivity index (χ1) is 20.7. The Hall–Kier alpha value is -5.26. The second-order valence-corrected chi connectivity index (χ2v) is 13.4. The lowest BCUT2D eigenvalue weighted by molar-refractivity contribution is -0.122. The maximum atomic E-state index is 14.1. The second-order valence-electron chi connectivity index (χ2n) is 9.88. The van der Waals surface area contributed by atoms with Gasteiger partial charge in [0.05, 0.1) is 43.4 Å². The molecule has 2 aromatic heterocycles. The molecular weight excluding hydrogens is 587 g/mol. The van der Waals surface area contributed by atoms with Crippen LogP contribution in [-0.4, -0.2) is 36.6 Å². The fourth-order valence-corrected chi connectivity index (χ4v) is 8.55. The molecule has 11 heteroatoms. The van der Waals surface area contributed by atoms with E-state index in [2.05, 4.69) is 5.32 Å². The van der Waals surface area contributed by atoms with Crippen molar-refractivity contribution in [3.63, 3.8) is 0 Å². The molecule has 0 fully saturated rings. The minimum atomic E-state index is -4.28. The summed E-state index contributed by atoms with van der Waals surface area (Å²) in [5, 5.41) is 3.29. The minimum absolute atomic E-state index is 0.0229. The molecule has 7 rings (SSSR count). The van der Waals surface area contributed by atoms with Crippen LogP contribution in [-0.2, 0) is 29.6 Å². The van der Waals surface area contributed by atoms with Crippen LogP contribution in [0, 0.1) is 0 Å². The summed E-state index contributed by atoms with van der Waals surface area (Å²) in [5.41, 5.74) is -0.0775. The topological polar surface area (TPSA) is 124 Å². The van der Waals surface area contributed by atoms with Crippen molar-refractivity contribution in [1.29, 1.82) is 0 Å². The van der Waals surface area contributed by atoms with E-state index in [-0.39, 0.29) is 43.4 Å². The molecule has 0 aliphatic carbocycles. The van der Waals surface area contributed by atoms with Crippen LogP contribution in [0.2, 0.25) is 0 Å². The van der Waals surface area contributed by atoms with Gasteiger partial charge in [0.2, 0.25) is 0 Å². The van der Waals surface area contributed by atoms with Crippen molar-refractivity contribution in [1.82, 2.24) is 13.3 Å². The number of aromatic nitrogens is 2. The van der Waals surface area contributed by atoms with Gasteiger partial charge in [0.1, 0.15) is 0 Å². The fourth-order valence-electron chi connectivity index (χ4n) is 5.47. The first kappa shape index (κ1) is 26.6. The van der Waals surface area contributed by atoms with E-state index in [0.29, 0.717) is 10.8 Å². The molecule has 1 aliphatic rings. The molecule has 4 aromatic carbocycles. The highest BCUT2D eigenvalue weighted by Crippen LogP contribution is 2.39. The highest BCUT2D eigenvalue weighted by molar-refractivity contribution is 7.90. The Balaban J connectivity index is 1.60. The highest BCUT2D eigenvalue weighted by Gasteiger charge is 2.39. The fraction of sp³-hybridized carbons (Fsp3) is 0. The lowest BCUT2D eigenvalue weighted by atomic mass is 10.0. The predicted molar refractivity (Wildman–Crippen MR) is 162 cm³/mol. The summed E-state index contributed by atoms with van der Waals surface area (Å²) in [4.78, 5) is 27.1. The largest absolute Gasteiger partial charge is 0.288 e. The van der Waals surface area contributed by atoms with Gasteiger partial charge in [0.15, 0.2) is 0 Å². The van der Waals surface area contributed by atoms with Crippen molar-refractivity contribution in [2.45, 2.75) is 9.79 Å². The van der Waals surface area contributed by atoms with Crippen molar-refractivity contribution in [2.75, 3.05) is 0 Å². The summed E-state index contributed by atoms with van der Waals surface area (Å²) in [6.45, 7) is 0. The standard InChI is InChI=1S/C32H21N3O6S2/c36-31-29(27-19-21-11-7-9-17-25(21)34(27)42(38,39)23-13-3-1-4-14-23)30(32(37)33-31)28-20-22-12-8-10-18-26(22)35(28)43(40,41)24-15-5-2-6-16-24/h1-20H,(H,33,36,37). The van der Waals surface area contributed by atoms with Crippen molar-refractivity contribution < 1.29 is 26.4 Å². The molecular formula is C32H21N3O6S2. The third-order valence-corrected chi connectivity index (χ3v) is 10.8. The van der Waals surface area contributed by atoms with Crippen molar-refractivity contribution in [3.05, 3.63) is 133 Å². The van der Waals surface area contributed by atoms with Crippen LogP contribution in [0.3, 0.4) is 0 Å². The molecule has 0 spiro atoms. The molecule has 1 aliphatic heterocycles. The van der Waals surface area contributed by atoms with Gasteiger partial charge in [-0.05, 0) is 48.5 Å². The Bertz CT molecular complexity index is 2200. The summed E-state index contributed by atoms with van der Waals surface area (Å²) < 4.78 is 58.4. The van der Waals surface area contributed by atoms with Gasteiger partial charge in [-0.15, -0.1) is 0 Å². The Kier molecular flexibility index (Phi) is 5.98. The number of nitrogens with zero attached hydrogens (tertiary/aromatic N) is 2. The van der Waals surface area contributed by atoms with Crippen LogP contribution in [0.25, 0.3) is 33.0 Å². The molecule has 0 saturated heterocycles. The zero-order valence-corrected chi connectivity index (χ0v) is 23.8. The average Bonchev–Trinajstić information content (AvgIpc) is 3.68. The van der Waals surface area contributed by atoms with Crippen LogP contribution >= 0.6 is 0 Å². The van der Waals surface area contributed by atoms with Crippen LogP contribution < -0.4 is 5.32 Å². The third-order valence-electron chi connectivity index (χ3n) is 7.34. The van der Waals surface area contributed by atoms with Crippen molar-refractivity contribution >= 4 is 64.8 Å². The molecule has 212 valence electrons. The SMILES string of the molecule is O=C1NC(=O)C(c2cc3ccccc3n2S(=O)(=O)c2ccccc2)=C1c1cc2ccccc2n1S(=O)(=O)c1ccccc1. The molecule has 6 aromatic rings. The normalized spacial score (nSPS) is 14.1. The van der Waals surface area contributed by atoms with E-state index < -0.39 is 31.9 Å². The van der Waals surface area contributed by atoms with E-state index in [0.717, 1.165) is 7.94 Å². The summed E-state index contributed by atoms with van der Waals surface area (Å²) in [6.07, 6.45) is 0. The molecule has 3 heterocycles. The van der Waals surface area contributed by atoms with E-state index in [1.807, 2.05) is 0 Å². The van der Waals surface area contributed by atoms with E-state index in [4.69, 9.17) is 0 Å². The summed E-state index contributed by atoms with van der Waals surface area (Å²) >= 11 is 0. The number of para-hydroxylation sites is 2. The van der Waals surface area contributed by atoms with Crippen LogP contribution in [0.15, 0.2) is 131 Å². The zero-order chi connectivity index (χ0) is 29.9. The van der Waals surface area contributed by atoms with Crippen LogP contribution in [0.5, 0.6) is 0 Å². The number of imide groups is 1. The summed E-state index contributed by atoms with van der Waals surface area (Å²) in [7, 11) is -8.55. The molecule has 2 amide bonds.